The van der Waals surface area contributed by atoms with E-state index in [-0.39, 0.29) is 0 Å². The van der Waals surface area contributed by atoms with Gasteiger partial charge in [-0.05, 0) is 25.0 Å². The zero-order valence-corrected chi connectivity index (χ0v) is 16.2. The summed E-state index contributed by atoms with van der Waals surface area (Å²) in [6.45, 7) is 1.96. The molecular formula is C19H16N6S2. The van der Waals surface area contributed by atoms with Crippen molar-refractivity contribution in [1.82, 2.24) is 24.9 Å². The molecule has 0 aliphatic carbocycles. The molecule has 0 saturated heterocycles. The van der Waals surface area contributed by atoms with Gasteiger partial charge in [-0.3, -0.25) is 0 Å². The van der Waals surface area contributed by atoms with Crippen LogP contribution in [0.1, 0.15) is 15.6 Å². The molecule has 0 radical (unpaired) electrons. The molecule has 0 atom stereocenters. The molecule has 4 aromatic heterocycles. The van der Waals surface area contributed by atoms with Gasteiger partial charge in [0.2, 0.25) is 0 Å². The molecule has 4 heterocycles. The summed E-state index contributed by atoms with van der Waals surface area (Å²) in [6.07, 6.45) is 5.63. The number of hydrogen-bond acceptors (Lipinski definition) is 7. The number of aromatic nitrogens is 5. The Labute approximate surface area is 163 Å². The number of benzene rings is 1. The van der Waals surface area contributed by atoms with Gasteiger partial charge >= 0.3 is 0 Å². The van der Waals surface area contributed by atoms with Gasteiger partial charge in [0.25, 0.3) is 0 Å². The van der Waals surface area contributed by atoms with E-state index in [0.29, 0.717) is 17.2 Å². The third kappa shape index (κ3) is 2.96. The van der Waals surface area contributed by atoms with Crippen LogP contribution in [-0.4, -0.2) is 24.9 Å². The lowest BCUT2D eigenvalue weighted by Crippen LogP contribution is -1.96. The first kappa shape index (κ1) is 16.3. The van der Waals surface area contributed by atoms with Crippen LogP contribution in [0.4, 0.5) is 5.82 Å². The van der Waals surface area contributed by atoms with Gasteiger partial charge in [0.15, 0.2) is 11.6 Å². The maximum absolute atomic E-state index is 6.15. The van der Waals surface area contributed by atoms with Crippen molar-refractivity contribution >= 4 is 49.7 Å². The molecule has 0 spiro atoms. The van der Waals surface area contributed by atoms with E-state index in [4.69, 9.17) is 5.73 Å². The third-order valence-electron chi connectivity index (χ3n) is 4.45. The quantitative estimate of drug-likeness (QED) is 0.474. The van der Waals surface area contributed by atoms with E-state index >= 15 is 0 Å². The molecule has 0 aliphatic rings. The molecular weight excluding hydrogens is 376 g/mol. The fourth-order valence-electron chi connectivity index (χ4n) is 3.15. The lowest BCUT2D eigenvalue weighted by molar-refractivity contribution is 0.956. The molecule has 0 saturated carbocycles. The molecule has 0 amide bonds. The monoisotopic (exact) mass is 392 g/mol. The molecule has 0 unspecified atom stereocenters. The Hall–Kier alpha value is -2.84. The molecule has 0 fully saturated rings. The Kier molecular flexibility index (Phi) is 3.87. The fraction of sp³-hybridized carbons (Fsp3) is 0.158. The normalized spacial score (nSPS) is 11.6. The van der Waals surface area contributed by atoms with Crippen LogP contribution < -0.4 is 5.73 Å². The second-order valence-electron chi connectivity index (χ2n) is 6.30. The van der Waals surface area contributed by atoms with Gasteiger partial charge in [0.05, 0.1) is 14.9 Å². The largest absolute Gasteiger partial charge is 0.382 e. The van der Waals surface area contributed by atoms with Crippen LogP contribution in [-0.2, 0) is 12.8 Å². The first-order valence-corrected chi connectivity index (χ1v) is 10.2. The number of para-hydroxylation sites is 1. The number of nitrogens with two attached hydrogens (primary N) is 1. The minimum absolute atomic E-state index is 0.427. The maximum Gasteiger partial charge on any atom is 0.174 e. The van der Waals surface area contributed by atoms with Crippen LogP contribution >= 0.6 is 22.7 Å². The first-order chi connectivity index (χ1) is 13.2. The highest BCUT2D eigenvalue weighted by Gasteiger charge is 2.14. The molecule has 3 N–H and O–H groups in total. The number of thiazole rings is 2. The highest BCUT2D eigenvalue weighted by atomic mass is 32.1. The number of rotatable bonds is 4. The number of anilines is 1. The number of hydrogen-bond donors (Lipinski definition) is 2. The summed E-state index contributed by atoms with van der Waals surface area (Å²) >= 11 is 3.15. The minimum atomic E-state index is 0.427. The number of nitrogens with one attached hydrogen (secondary N) is 1. The molecule has 134 valence electrons. The van der Waals surface area contributed by atoms with Crippen LogP contribution in [0, 0.1) is 6.92 Å². The second kappa shape index (κ2) is 6.40. The van der Waals surface area contributed by atoms with Gasteiger partial charge in [-0.2, -0.15) is 0 Å². The van der Waals surface area contributed by atoms with E-state index in [1.54, 1.807) is 28.9 Å². The van der Waals surface area contributed by atoms with E-state index < -0.39 is 0 Å². The summed E-state index contributed by atoms with van der Waals surface area (Å²) < 4.78 is 0. The molecule has 8 heteroatoms. The summed E-state index contributed by atoms with van der Waals surface area (Å²) in [7, 11) is 0. The van der Waals surface area contributed by atoms with Gasteiger partial charge in [-0.15, -0.1) is 11.3 Å². The zero-order chi connectivity index (χ0) is 18.4. The van der Waals surface area contributed by atoms with Gasteiger partial charge in [-0.1, -0.05) is 29.5 Å². The summed E-state index contributed by atoms with van der Waals surface area (Å²) in [6, 6.07) is 8.35. The number of aryl methyl sites for hydroxylation is 3. The van der Waals surface area contributed by atoms with Crippen molar-refractivity contribution < 1.29 is 0 Å². The Morgan fingerprint density at radius 1 is 1.07 bits per heavy atom. The fourth-order valence-corrected chi connectivity index (χ4v) is 4.80. The average Bonchev–Trinajstić information content (AvgIpc) is 3.37. The number of H-pyrrole nitrogens is 1. The lowest BCUT2D eigenvalue weighted by atomic mass is 10.1. The number of nitrogens with zero attached hydrogens (tertiary/aromatic N) is 4. The van der Waals surface area contributed by atoms with E-state index in [1.165, 1.54) is 10.9 Å². The van der Waals surface area contributed by atoms with E-state index in [9.17, 15) is 0 Å². The van der Waals surface area contributed by atoms with Gasteiger partial charge in [0, 0.05) is 29.7 Å². The first-order valence-electron chi connectivity index (χ1n) is 8.58. The minimum Gasteiger partial charge on any atom is -0.382 e. The van der Waals surface area contributed by atoms with Crippen molar-refractivity contribution in [2.75, 3.05) is 5.73 Å². The molecule has 27 heavy (non-hydrogen) atoms. The van der Waals surface area contributed by atoms with E-state index in [1.807, 2.05) is 13.0 Å². The van der Waals surface area contributed by atoms with Crippen molar-refractivity contribution in [1.29, 1.82) is 0 Å². The number of aromatic amines is 1. The SMILES string of the molecule is Cc1ncc(-c2nc(N)c3nc(CCc4c[nH]c5ccccc45)sc3n2)s1. The topological polar surface area (TPSA) is 93.4 Å². The Morgan fingerprint density at radius 3 is 2.81 bits per heavy atom. The second-order valence-corrected chi connectivity index (χ2v) is 8.59. The molecule has 5 aromatic rings. The average molecular weight is 393 g/mol. The highest BCUT2D eigenvalue weighted by Crippen LogP contribution is 2.30. The van der Waals surface area contributed by atoms with Crippen molar-refractivity contribution in [3.05, 3.63) is 52.2 Å². The summed E-state index contributed by atoms with van der Waals surface area (Å²) in [5, 5.41) is 3.27. The molecule has 0 bridgehead atoms. The Morgan fingerprint density at radius 2 is 1.96 bits per heavy atom. The molecule has 5 rings (SSSR count). The van der Waals surface area contributed by atoms with Gasteiger partial charge in [0.1, 0.15) is 10.3 Å². The zero-order valence-electron chi connectivity index (χ0n) is 14.6. The standard InChI is InChI=1S/C19H16N6S2/c1-10-21-9-14(26-10)18-24-17(20)16-19(25-18)27-15(23-16)7-6-11-8-22-13-5-3-2-4-12(11)13/h2-5,8-9,22H,6-7H2,1H3,(H2,20,24,25). The number of nitrogen functional groups attached to an aromatic ring is 1. The summed E-state index contributed by atoms with van der Waals surface area (Å²) in [4.78, 5) is 23.1. The van der Waals surface area contributed by atoms with Crippen LogP contribution in [0.5, 0.6) is 0 Å². The lowest BCUT2D eigenvalue weighted by Gasteiger charge is -1.98. The molecule has 6 nitrogen and oxygen atoms in total. The predicted octanol–water partition coefficient (Wildman–Crippen LogP) is 4.37. The van der Waals surface area contributed by atoms with Crippen LogP contribution in [0.25, 0.3) is 32.0 Å². The van der Waals surface area contributed by atoms with E-state index in [2.05, 4.69) is 49.3 Å². The number of fused-ring (bicyclic) bond motifs is 2. The van der Waals surface area contributed by atoms with Crippen molar-refractivity contribution in [3.8, 4) is 10.7 Å². The van der Waals surface area contributed by atoms with Crippen LogP contribution in [0.3, 0.4) is 0 Å². The van der Waals surface area contributed by atoms with Crippen molar-refractivity contribution in [3.63, 3.8) is 0 Å². The Balaban J connectivity index is 1.45. The van der Waals surface area contributed by atoms with Crippen LogP contribution in [0.2, 0.25) is 0 Å². The highest BCUT2D eigenvalue weighted by molar-refractivity contribution is 7.18. The predicted molar refractivity (Wildman–Crippen MR) is 111 cm³/mol. The van der Waals surface area contributed by atoms with Crippen molar-refractivity contribution in [2.45, 2.75) is 19.8 Å². The van der Waals surface area contributed by atoms with Gasteiger partial charge < -0.3 is 10.7 Å². The Bertz CT molecular complexity index is 1270. The smallest absolute Gasteiger partial charge is 0.174 e. The van der Waals surface area contributed by atoms with E-state index in [0.717, 1.165) is 38.1 Å². The summed E-state index contributed by atoms with van der Waals surface area (Å²) in [5.74, 6) is 1.05. The molecule has 1 aromatic carbocycles. The third-order valence-corrected chi connectivity index (χ3v) is 6.37. The maximum atomic E-state index is 6.15. The van der Waals surface area contributed by atoms with Crippen molar-refractivity contribution in [2.24, 2.45) is 0 Å². The summed E-state index contributed by atoms with van der Waals surface area (Å²) in [5.41, 5.74) is 9.30. The van der Waals surface area contributed by atoms with Gasteiger partial charge in [-0.25, -0.2) is 19.9 Å². The van der Waals surface area contributed by atoms with Crippen LogP contribution in [0.15, 0.2) is 36.7 Å². The molecule has 0 aliphatic heterocycles.